The maximum Gasteiger partial charge on any atom is 0.0211 e. The number of benzene rings is 2. The first-order valence-corrected chi connectivity index (χ1v) is 10.2. The maximum absolute atomic E-state index is 6.16. The van der Waals surface area contributed by atoms with Gasteiger partial charge in [0.05, 0.1) is 0 Å². The van der Waals surface area contributed by atoms with Crippen molar-refractivity contribution in [3.8, 4) is 0 Å². The molecule has 0 aliphatic heterocycles. The molecule has 0 spiro atoms. The van der Waals surface area contributed by atoms with Gasteiger partial charge in [-0.3, -0.25) is 0 Å². The van der Waals surface area contributed by atoms with Gasteiger partial charge in [0.1, 0.15) is 0 Å². The maximum atomic E-state index is 6.16. The Bertz CT molecular complexity index is 580. The zero-order valence-corrected chi connectivity index (χ0v) is 17.3. The Kier molecular flexibility index (Phi) is 10.1. The summed E-state index contributed by atoms with van der Waals surface area (Å²) in [7, 11) is -0.542. The predicted molar refractivity (Wildman–Crippen MR) is 114 cm³/mol. The summed E-state index contributed by atoms with van der Waals surface area (Å²) in [6, 6.07) is 21.5. The first-order valence-electron chi connectivity index (χ1n) is 8.85. The molecule has 2 fully saturated rings. The van der Waals surface area contributed by atoms with Gasteiger partial charge in [-0.2, -0.15) is 0 Å². The average molecular weight is 413 g/mol. The number of rotatable bonds is 4. The van der Waals surface area contributed by atoms with E-state index in [1.54, 1.807) is 0 Å². The van der Waals surface area contributed by atoms with Crippen molar-refractivity contribution in [2.24, 2.45) is 5.73 Å². The van der Waals surface area contributed by atoms with Crippen molar-refractivity contribution in [1.29, 1.82) is 0 Å². The Morgan fingerprint density at radius 2 is 1.11 bits per heavy atom. The van der Waals surface area contributed by atoms with Crippen LogP contribution >= 0.6 is 7.92 Å². The van der Waals surface area contributed by atoms with Gasteiger partial charge in [0.25, 0.3) is 0 Å². The number of hydrogen-bond acceptors (Lipinski definition) is 1. The molecule has 0 bridgehead atoms. The summed E-state index contributed by atoms with van der Waals surface area (Å²) in [5, 5.41) is 2.73. The summed E-state index contributed by atoms with van der Waals surface area (Å²) in [5.41, 5.74) is 7.54. The zero-order chi connectivity index (χ0) is 18.2. The van der Waals surface area contributed by atoms with Crippen molar-refractivity contribution in [3.05, 3.63) is 124 Å². The first-order chi connectivity index (χ1) is 12.8. The quantitative estimate of drug-likeness (QED) is 0.590. The van der Waals surface area contributed by atoms with Crippen LogP contribution in [0.5, 0.6) is 0 Å². The Balaban J connectivity index is 0.000000379. The van der Waals surface area contributed by atoms with E-state index < -0.39 is 7.92 Å². The molecule has 0 amide bonds. The molecular formula is C24H24FeNP. The van der Waals surface area contributed by atoms with Crippen LogP contribution in [0.15, 0.2) is 60.7 Å². The molecule has 10 radical (unpaired) electrons. The van der Waals surface area contributed by atoms with Crippen LogP contribution in [0.3, 0.4) is 0 Å². The molecule has 2 aromatic rings. The normalized spacial score (nSPS) is 18.6. The van der Waals surface area contributed by atoms with Crippen LogP contribution in [0.2, 0.25) is 0 Å². The Labute approximate surface area is 177 Å². The number of nitrogens with two attached hydrogens (primary N) is 1. The van der Waals surface area contributed by atoms with Gasteiger partial charge in [0.15, 0.2) is 0 Å². The number of hydrogen-bond donors (Lipinski definition) is 1. The van der Waals surface area contributed by atoms with Crippen molar-refractivity contribution in [1.82, 2.24) is 0 Å². The Hall–Kier alpha value is -0.651. The summed E-state index contributed by atoms with van der Waals surface area (Å²) in [5.74, 6) is 1.26. The van der Waals surface area contributed by atoms with E-state index in [1.807, 2.05) is 32.1 Å². The molecule has 138 valence electrons. The van der Waals surface area contributed by atoms with Crippen molar-refractivity contribution in [2.75, 3.05) is 0 Å². The Morgan fingerprint density at radius 1 is 0.667 bits per heavy atom. The molecule has 1 unspecified atom stereocenters. The summed E-state index contributed by atoms with van der Waals surface area (Å²) in [4.78, 5) is 0. The molecule has 2 aliphatic rings. The summed E-state index contributed by atoms with van der Waals surface area (Å²) in [6.07, 6.45) is 16.5. The van der Waals surface area contributed by atoms with Gasteiger partial charge in [0.2, 0.25) is 0 Å². The van der Waals surface area contributed by atoms with Crippen molar-refractivity contribution < 1.29 is 17.1 Å². The van der Waals surface area contributed by atoms with E-state index in [1.165, 1.54) is 22.2 Å². The topological polar surface area (TPSA) is 26.0 Å². The van der Waals surface area contributed by atoms with Crippen LogP contribution in [-0.2, 0) is 17.1 Å². The monoisotopic (exact) mass is 413 g/mol. The molecule has 1 nitrogen and oxygen atoms in total. The molecule has 0 aromatic heterocycles. The molecule has 27 heavy (non-hydrogen) atoms. The molecule has 2 N–H and O–H groups in total. The SMILES string of the molecule is CC(N)[C]1[CH][CH][CH][C]1P(c1ccccc1)c1ccccc1.[CH]1[CH][CH][CH][CH]1.[Fe]. The summed E-state index contributed by atoms with van der Waals surface area (Å²) in [6.45, 7) is 2.06. The molecule has 3 heteroatoms. The van der Waals surface area contributed by atoms with E-state index in [-0.39, 0.29) is 23.1 Å². The summed E-state index contributed by atoms with van der Waals surface area (Å²) < 4.78 is 0. The first kappa shape index (κ1) is 22.6. The van der Waals surface area contributed by atoms with Crippen LogP contribution in [0.25, 0.3) is 0 Å². The van der Waals surface area contributed by atoms with Gasteiger partial charge in [-0.1, -0.05) is 60.7 Å². The van der Waals surface area contributed by atoms with Gasteiger partial charge in [-0.25, -0.2) is 0 Å². The van der Waals surface area contributed by atoms with E-state index in [4.69, 9.17) is 5.73 Å². The van der Waals surface area contributed by atoms with Gasteiger partial charge < -0.3 is 5.73 Å². The smallest absolute Gasteiger partial charge is 0.0211 e. The second-order valence-corrected chi connectivity index (χ2v) is 8.31. The fourth-order valence-corrected chi connectivity index (χ4v) is 5.48. The van der Waals surface area contributed by atoms with Crippen molar-refractivity contribution in [3.63, 3.8) is 0 Å². The molecule has 2 saturated carbocycles. The van der Waals surface area contributed by atoms with Gasteiger partial charge in [-0.05, 0) is 76.8 Å². The fraction of sp³-hybridized carbons (Fsp3) is 0.0833. The van der Waals surface area contributed by atoms with E-state index in [9.17, 15) is 0 Å². The molecular weight excluding hydrogens is 389 g/mol. The van der Waals surface area contributed by atoms with Crippen LogP contribution in [0.1, 0.15) is 6.92 Å². The van der Waals surface area contributed by atoms with E-state index >= 15 is 0 Å². The Morgan fingerprint density at radius 3 is 1.52 bits per heavy atom. The molecule has 4 rings (SSSR count). The molecule has 0 heterocycles. The largest absolute Gasteiger partial charge is 0.327 e. The third kappa shape index (κ3) is 6.43. The van der Waals surface area contributed by atoms with Crippen LogP contribution in [-0.4, -0.2) is 6.04 Å². The van der Waals surface area contributed by atoms with E-state index in [0.717, 1.165) is 0 Å². The van der Waals surface area contributed by atoms with Crippen molar-refractivity contribution >= 4 is 18.5 Å². The predicted octanol–water partition coefficient (Wildman–Crippen LogP) is 4.22. The van der Waals surface area contributed by atoms with Gasteiger partial charge in [0, 0.05) is 34.7 Å². The molecule has 2 aromatic carbocycles. The van der Waals surface area contributed by atoms with E-state index in [2.05, 4.69) is 86.8 Å². The standard InChI is InChI=1S/C19H19NP.C5H5.Fe/c1-15(20)18-13-8-14-19(18)21(16-9-4-2-5-10-16)17-11-6-3-7-12-17;1-2-4-5-3-1;/h2-15H,20H2,1H3;1-5H;. The van der Waals surface area contributed by atoms with E-state index in [0.29, 0.717) is 0 Å². The minimum Gasteiger partial charge on any atom is -0.327 e. The van der Waals surface area contributed by atoms with Gasteiger partial charge >= 0.3 is 0 Å². The van der Waals surface area contributed by atoms with Crippen LogP contribution in [0, 0.1) is 62.9 Å². The van der Waals surface area contributed by atoms with Gasteiger partial charge in [-0.15, -0.1) is 0 Å². The molecule has 0 saturated heterocycles. The fourth-order valence-electron chi connectivity index (χ4n) is 2.92. The minimum atomic E-state index is -0.542. The third-order valence-corrected chi connectivity index (χ3v) is 6.66. The second-order valence-electron chi connectivity index (χ2n) is 6.12. The molecule has 2 aliphatic carbocycles. The zero-order valence-electron chi connectivity index (χ0n) is 15.3. The van der Waals surface area contributed by atoms with Crippen molar-refractivity contribution in [2.45, 2.75) is 13.0 Å². The van der Waals surface area contributed by atoms with Crippen LogP contribution in [0.4, 0.5) is 0 Å². The second kappa shape index (κ2) is 12.0. The average Bonchev–Trinajstić information content (AvgIpc) is 3.39. The minimum absolute atomic E-state index is 0. The third-order valence-electron chi connectivity index (χ3n) is 4.14. The molecule has 1 atom stereocenters. The summed E-state index contributed by atoms with van der Waals surface area (Å²) >= 11 is 0. The van der Waals surface area contributed by atoms with Crippen LogP contribution < -0.4 is 16.3 Å².